The highest BCUT2D eigenvalue weighted by Gasteiger charge is 2.35. The van der Waals surface area contributed by atoms with Crippen molar-refractivity contribution in [3.63, 3.8) is 0 Å². The number of amides is 1. The van der Waals surface area contributed by atoms with Gasteiger partial charge in [-0.25, -0.2) is 5.01 Å². The van der Waals surface area contributed by atoms with Crippen LogP contribution in [0, 0.1) is 0 Å². The molecule has 1 aliphatic rings. The molecule has 1 aliphatic heterocycles. The zero-order valence-electron chi connectivity index (χ0n) is 15.7. The minimum absolute atomic E-state index is 0.250. The van der Waals surface area contributed by atoms with E-state index < -0.39 is 0 Å². The van der Waals surface area contributed by atoms with Crippen LogP contribution in [-0.2, 0) is 0 Å². The molecule has 29 heavy (non-hydrogen) atoms. The molecule has 146 valence electrons. The van der Waals surface area contributed by atoms with Crippen LogP contribution in [0.1, 0.15) is 33.9 Å². The van der Waals surface area contributed by atoms with Gasteiger partial charge in [0.1, 0.15) is 5.75 Å². The summed E-state index contributed by atoms with van der Waals surface area (Å²) in [6.45, 7) is 0. The zero-order chi connectivity index (χ0) is 20.4. The molecule has 3 aromatic carbocycles. The van der Waals surface area contributed by atoms with Gasteiger partial charge >= 0.3 is 0 Å². The summed E-state index contributed by atoms with van der Waals surface area (Å²) in [5, 5.41) is 7.24. The number of para-hydroxylation sites is 1. The van der Waals surface area contributed by atoms with E-state index in [9.17, 15) is 4.79 Å². The van der Waals surface area contributed by atoms with Crippen molar-refractivity contribution in [1.29, 1.82) is 0 Å². The van der Waals surface area contributed by atoms with Crippen molar-refractivity contribution in [3.05, 3.63) is 99.5 Å². The summed E-state index contributed by atoms with van der Waals surface area (Å²) in [6, 6.07) is 21.8. The van der Waals surface area contributed by atoms with E-state index in [-0.39, 0.29) is 11.9 Å². The van der Waals surface area contributed by atoms with Crippen LogP contribution < -0.4 is 4.74 Å². The Labute approximate surface area is 179 Å². The number of hydrogen-bond acceptors (Lipinski definition) is 3. The van der Waals surface area contributed by atoms with Crippen LogP contribution in [0.3, 0.4) is 0 Å². The lowest BCUT2D eigenvalue weighted by atomic mass is 9.97. The molecule has 0 aromatic heterocycles. The molecule has 1 unspecified atom stereocenters. The molecule has 4 rings (SSSR count). The Morgan fingerprint density at radius 3 is 2.41 bits per heavy atom. The lowest BCUT2D eigenvalue weighted by Crippen LogP contribution is -2.27. The SMILES string of the molecule is COc1ccccc1C1=NN(C(=O)c2ccccc2Cl)C(c2ccc(Cl)cc2)C1. The van der Waals surface area contributed by atoms with Gasteiger partial charge in [-0.05, 0) is 42.0 Å². The van der Waals surface area contributed by atoms with Crippen LogP contribution in [0.25, 0.3) is 0 Å². The molecule has 4 nitrogen and oxygen atoms in total. The topological polar surface area (TPSA) is 41.9 Å². The third-order valence-electron chi connectivity index (χ3n) is 4.90. The van der Waals surface area contributed by atoms with E-state index in [0.29, 0.717) is 27.8 Å². The van der Waals surface area contributed by atoms with Crippen molar-refractivity contribution in [2.45, 2.75) is 12.5 Å². The van der Waals surface area contributed by atoms with Crippen LogP contribution in [0.15, 0.2) is 77.9 Å². The highest BCUT2D eigenvalue weighted by atomic mass is 35.5. The Balaban J connectivity index is 1.78. The van der Waals surface area contributed by atoms with Crippen LogP contribution in [0.2, 0.25) is 10.0 Å². The largest absolute Gasteiger partial charge is 0.496 e. The van der Waals surface area contributed by atoms with E-state index in [1.54, 1.807) is 31.4 Å². The first-order chi connectivity index (χ1) is 14.1. The number of rotatable bonds is 4. The maximum Gasteiger partial charge on any atom is 0.276 e. The monoisotopic (exact) mass is 424 g/mol. The second-order valence-electron chi connectivity index (χ2n) is 6.65. The zero-order valence-corrected chi connectivity index (χ0v) is 17.2. The Hall–Kier alpha value is -2.82. The van der Waals surface area contributed by atoms with Gasteiger partial charge in [0.05, 0.1) is 29.4 Å². The van der Waals surface area contributed by atoms with E-state index in [0.717, 1.165) is 16.8 Å². The lowest BCUT2D eigenvalue weighted by Gasteiger charge is -2.22. The van der Waals surface area contributed by atoms with E-state index >= 15 is 0 Å². The molecule has 0 spiro atoms. The summed E-state index contributed by atoms with van der Waals surface area (Å²) in [4.78, 5) is 13.3. The second-order valence-corrected chi connectivity index (χ2v) is 7.49. The first kappa shape index (κ1) is 19.5. The molecule has 0 saturated heterocycles. The van der Waals surface area contributed by atoms with Crippen molar-refractivity contribution in [2.24, 2.45) is 5.10 Å². The third kappa shape index (κ3) is 3.86. The second kappa shape index (κ2) is 8.27. The van der Waals surface area contributed by atoms with Crippen molar-refractivity contribution in [1.82, 2.24) is 5.01 Å². The van der Waals surface area contributed by atoms with Crippen molar-refractivity contribution < 1.29 is 9.53 Å². The number of nitrogens with zero attached hydrogens (tertiary/aromatic N) is 2. The highest BCUT2D eigenvalue weighted by Crippen LogP contribution is 2.36. The maximum atomic E-state index is 13.3. The fourth-order valence-electron chi connectivity index (χ4n) is 3.45. The van der Waals surface area contributed by atoms with E-state index in [2.05, 4.69) is 0 Å². The first-order valence-corrected chi connectivity index (χ1v) is 9.88. The minimum Gasteiger partial charge on any atom is -0.496 e. The molecule has 0 bridgehead atoms. The molecule has 0 aliphatic carbocycles. The standard InChI is InChI=1S/C23H18Cl2N2O2/c1-29-22-9-5-3-7-18(22)20-14-21(15-10-12-16(24)13-11-15)27(26-20)23(28)17-6-2-4-8-19(17)25/h2-13,21H,14H2,1H3. The molecule has 1 amide bonds. The van der Waals surface area contributed by atoms with Crippen LogP contribution in [-0.4, -0.2) is 23.7 Å². The molecule has 0 fully saturated rings. The van der Waals surface area contributed by atoms with Gasteiger partial charge in [0.15, 0.2) is 0 Å². The fraction of sp³-hybridized carbons (Fsp3) is 0.130. The number of halogens is 2. The third-order valence-corrected chi connectivity index (χ3v) is 5.48. The predicted molar refractivity (Wildman–Crippen MR) is 116 cm³/mol. The Morgan fingerprint density at radius 1 is 1.00 bits per heavy atom. The van der Waals surface area contributed by atoms with E-state index in [4.69, 9.17) is 33.0 Å². The molecule has 0 saturated carbocycles. The average Bonchev–Trinajstić information content (AvgIpc) is 3.19. The average molecular weight is 425 g/mol. The molecule has 6 heteroatoms. The number of hydrogen-bond donors (Lipinski definition) is 0. The van der Waals surface area contributed by atoms with E-state index in [1.807, 2.05) is 48.5 Å². The van der Waals surface area contributed by atoms with Gasteiger partial charge in [-0.2, -0.15) is 5.10 Å². The molecule has 1 heterocycles. The Bertz CT molecular complexity index is 1080. The Kier molecular flexibility index (Phi) is 5.56. The van der Waals surface area contributed by atoms with Gasteiger partial charge in [0, 0.05) is 17.0 Å². The fourth-order valence-corrected chi connectivity index (χ4v) is 3.79. The predicted octanol–water partition coefficient (Wildman–Crippen LogP) is 5.99. The van der Waals surface area contributed by atoms with E-state index in [1.165, 1.54) is 5.01 Å². The summed E-state index contributed by atoms with van der Waals surface area (Å²) < 4.78 is 5.49. The number of ether oxygens (including phenoxy) is 1. The summed E-state index contributed by atoms with van der Waals surface area (Å²) in [5.74, 6) is 0.466. The first-order valence-electron chi connectivity index (χ1n) is 9.13. The Morgan fingerprint density at radius 2 is 1.69 bits per heavy atom. The summed E-state index contributed by atoms with van der Waals surface area (Å²) in [7, 11) is 1.62. The molecule has 0 radical (unpaired) electrons. The summed E-state index contributed by atoms with van der Waals surface area (Å²) in [6.07, 6.45) is 0.554. The maximum absolute atomic E-state index is 13.3. The molecule has 3 aromatic rings. The number of carbonyl (C=O) groups excluding carboxylic acids is 1. The molecular weight excluding hydrogens is 407 g/mol. The van der Waals surface area contributed by atoms with Crippen LogP contribution in [0.4, 0.5) is 0 Å². The quantitative estimate of drug-likeness (QED) is 0.515. The van der Waals surface area contributed by atoms with Crippen LogP contribution >= 0.6 is 23.2 Å². The van der Waals surface area contributed by atoms with Crippen molar-refractivity contribution >= 4 is 34.8 Å². The van der Waals surface area contributed by atoms with Gasteiger partial charge in [-0.1, -0.05) is 59.6 Å². The lowest BCUT2D eigenvalue weighted by molar-refractivity contribution is 0.0711. The van der Waals surface area contributed by atoms with Gasteiger partial charge in [0.25, 0.3) is 5.91 Å². The molecular formula is C23H18Cl2N2O2. The van der Waals surface area contributed by atoms with Gasteiger partial charge in [-0.15, -0.1) is 0 Å². The number of methoxy groups -OCH3 is 1. The summed E-state index contributed by atoms with van der Waals surface area (Å²) in [5.41, 5.74) is 3.01. The number of benzene rings is 3. The van der Waals surface area contributed by atoms with Gasteiger partial charge in [0.2, 0.25) is 0 Å². The van der Waals surface area contributed by atoms with Gasteiger partial charge < -0.3 is 4.74 Å². The normalized spacial score (nSPS) is 15.9. The van der Waals surface area contributed by atoms with Gasteiger partial charge in [-0.3, -0.25) is 4.79 Å². The molecule has 0 N–H and O–H groups in total. The van der Waals surface area contributed by atoms with Crippen molar-refractivity contribution in [2.75, 3.05) is 7.11 Å². The summed E-state index contributed by atoms with van der Waals surface area (Å²) >= 11 is 12.3. The highest BCUT2D eigenvalue weighted by molar-refractivity contribution is 6.33. The van der Waals surface area contributed by atoms with Crippen molar-refractivity contribution in [3.8, 4) is 5.75 Å². The number of hydrazone groups is 1. The molecule has 1 atom stereocenters. The smallest absolute Gasteiger partial charge is 0.276 e. The number of carbonyl (C=O) groups is 1. The van der Waals surface area contributed by atoms with Crippen LogP contribution in [0.5, 0.6) is 5.75 Å². The minimum atomic E-state index is -0.268.